The Balaban J connectivity index is 2.21. The van der Waals surface area contributed by atoms with E-state index < -0.39 is 0 Å². The maximum Gasteiger partial charge on any atom is 0.125 e. The maximum absolute atomic E-state index is 8.52. The number of amidine groups is 1. The van der Waals surface area contributed by atoms with Crippen molar-refractivity contribution in [2.75, 3.05) is 25.9 Å². The van der Waals surface area contributed by atoms with Crippen molar-refractivity contribution < 1.29 is 0 Å². The van der Waals surface area contributed by atoms with Crippen molar-refractivity contribution in [3.63, 3.8) is 0 Å². The minimum Gasteiger partial charge on any atom is -0.398 e. The van der Waals surface area contributed by atoms with Gasteiger partial charge in [0, 0.05) is 37.5 Å². The zero-order valence-corrected chi connectivity index (χ0v) is 16.5. The zero-order valence-electron chi connectivity index (χ0n) is 16.5. The molecule has 1 aromatic carbocycles. The topological polar surface area (TPSA) is 91.5 Å². The SMILES string of the molecule is CN=C(C=C(N)C(=N)c1cc(CC(C)C)ccc1N)N1CCC(C)CC1. The van der Waals surface area contributed by atoms with Crippen molar-refractivity contribution >= 4 is 17.2 Å². The summed E-state index contributed by atoms with van der Waals surface area (Å²) in [6.07, 6.45) is 5.09. The van der Waals surface area contributed by atoms with Gasteiger partial charge in [0.15, 0.2) is 0 Å². The predicted molar refractivity (Wildman–Crippen MR) is 112 cm³/mol. The van der Waals surface area contributed by atoms with E-state index in [2.05, 4.69) is 30.7 Å². The first kappa shape index (κ1) is 20.0. The lowest BCUT2D eigenvalue weighted by atomic mass is 9.97. The van der Waals surface area contributed by atoms with Gasteiger partial charge in [0.05, 0.1) is 11.4 Å². The van der Waals surface area contributed by atoms with Gasteiger partial charge >= 0.3 is 0 Å². The van der Waals surface area contributed by atoms with Crippen LogP contribution in [0.3, 0.4) is 0 Å². The molecule has 142 valence electrons. The van der Waals surface area contributed by atoms with Crippen LogP contribution in [0.5, 0.6) is 0 Å². The Labute approximate surface area is 157 Å². The second-order valence-electron chi connectivity index (χ2n) is 7.75. The van der Waals surface area contributed by atoms with Crippen LogP contribution < -0.4 is 11.5 Å². The average molecular weight is 356 g/mol. The highest BCUT2D eigenvalue weighted by Gasteiger charge is 2.18. The highest BCUT2D eigenvalue weighted by Crippen LogP contribution is 2.20. The Kier molecular flexibility index (Phi) is 6.83. The van der Waals surface area contributed by atoms with E-state index in [1.54, 1.807) is 7.05 Å². The summed E-state index contributed by atoms with van der Waals surface area (Å²) in [5, 5.41) is 8.52. The van der Waals surface area contributed by atoms with Crippen molar-refractivity contribution in [3.8, 4) is 0 Å². The van der Waals surface area contributed by atoms with E-state index in [4.69, 9.17) is 16.9 Å². The van der Waals surface area contributed by atoms with E-state index in [-0.39, 0.29) is 5.71 Å². The summed E-state index contributed by atoms with van der Waals surface area (Å²) in [6, 6.07) is 5.89. The van der Waals surface area contributed by atoms with Crippen molar-refractivity contribution in [2.24, 2.45) is 22.6 Å². The van der Waals surface area contributed by atoms with Gasteiger partial charge in [-0.25, -0.2) is 0 Å². The third kappa shape index (κ3) is 5.10. The van der Waals surface area contributed by atoms with Gasteiger partial charge < -0.3 is 16.4 Å². The molecule has 0 atom stereocenters. The van der Waals surface area contributed by atoms with Gasteiger partial charge in [-0.3, -0.25) is 10.4 Å². The zero-order chi connectivity index (χ0) is 19.3. The standard InChI is InChI=1S/C21H33N5/c1-14(2)11-16-5-6-18(22)17(12-16)21(24)19(23)13-20(25-4)26-9-7-15(3)8-10-26/h5-6,12-15,24H,7-11,22-23H2,1-4H3. The number of hydrogen-bond donors (Lipinski definition) is 3. The molecule has 1 aliphatic rings. The molecule has 2 rings (SSSR count). The van der Waals surface area contributed by atoms with E-state index in [1.807, 2.05) is 24.3 Å². The number of rotatable bonds is 5. The number of piperidine rings is 1. The normalized spacial score (nSPS) is 17.0. The van der Waals surface area contributed by atoms with Gasteiger partial charge in [0.1, 0.15) is 5.84 Å². The Bertz CT molecular complexity index is 694. The number of nitrogens with two attached hydrogens (primary N) is 2. The van der Waals surface area contributed by atoms with Crippen LogP contribution in [0.2, 0.25) is 0 Å². The molecule has 5 N–H and O–H groups in total. The van der Waals surface area contributed by atoms with Gasteiger partial charge in [0.2, 0.25) is 0 Å². The van der Waals surface area contributed by atoms with Gasteiger partial charge in [-0.15, -0.1) is 0 Å². The molecule has 26 heavy (non-hydrogen) atoms. The van der Waals surface area contributed by atoms with Crippen molar-refractivity contribution in [1.29, 1.82) is 5.41 Å². The number of nitrogens with zero attached hydrogens (tertiary/aromatic N) is 2. The van der Waals surface area contributed by atoms with E-state index in [1.165, 1.54) is 5.56 Å². The van der Waals surface area contributed by atoms with Crippen LogP contribution in [0.4, 0.5) is 5.69 Å². The number of allylic oxidation sites excluding steroid dienone is 1. The first-order valence-corrected chi connectivity index (χ1v) is 9.48. The molecule has 0 radical (unpaired) electrons. The predicted octanol–water partition coefficient (Wildman–Crippen LogP) is 3.44. The van der Waals surface area contributed by atoms with Crippen LogP contribution in [-0.2, 0) is 6.42 Å². The number of aliphatic imine (C=N–C) groups is 1. The van der Waals surface area contributed by atoms with Crippen LogP contribution in [0.15, 0.2) is 35.0 Å². The molecule has 5 heteroatoms. The average Bonchev–Trinajstić information content (AvgIpc) is 2.61. The molecule has 0 spiro atoms. The van der Waals surface area contributed by atoms with Crippen molar-refractivity contribution in [1.82, 2.24) is 4.90 Å². The van der Waals surface area contributed by atoms with Crippen molar-refractivity contribution in [2.45, 2.75) is 40.0 Å². The van der Waals surface area contributed by atoms with E-state index in [0.29, 0.717) is 22.9 Å². The fourth-order valence-corrected chi connectivity index (χ4v) is 3.32. The Morgan fingerprint density at radius 3 is 2.58 bits per heavy atom. The van der Waals surface area contributed by atoms with E-state index >= 15 is 0 Å². The summed E-state index contributed by atoms with van der Waals surface area (Å²) in [6.45, 7) is 8.61. The van der Waals surface area contributed by atoms with Gasteiger partial charge in [-0.2, -0.15) is 0 Å². The fraction of sp³-hybridized carbons (Fsp3) is 0.524. The first-order chi connectivity index (χ1) is 12.3. The number of likely N-dealkylation sites (tertiary alicyclic amines) is 1. The minimum absolute atomic E-state index is 0.264. The van der Waals surface area contributed by atoms with Crippen LogP contribution >= 0.6 is 0 Å². The Morgan fingerprint density at radius 2 is 2.00 bits per heavy atom. The van der Waals surface area contributed by atoms with Gasteiger partial charge in [-0.05, 0) is 48.8 Å². The first-order valence-electron chi connectivity index (χ1n) is 9.48. The molecule has 0 bridgehead atoms. The summed E-state index contributed by atoms with van der Waals surface area (Å²) < 4.78 is 0. The Morgan fingerprint density at radius 1 is 1.35 bits per heavy atom. The van der Waals surface area contributed by atoms with Crippen LogP contribution in [0.25, 0.3) is 0 Å². The summed E-state index contributed by atoms with van der Waals surface area (Å²) in [4.78, 5) is 6.64. The second-order valence-corrected chi connectivity index (χ2v) is 7.75. The molecule has 1 heterocycles. The Hall–Kier alpha value is -2.30. The van der Waals surface area contributed by atoms with E-state index in [9.17, 15) is 0 Å². The molecule has 5 nitrogen and oxygen atoms in total. The molecule has 0 saturated carbocycles. The number of hydrogen-bond acceptors (Lipinski definition) is 4. The maximum atomic E-state index is 8.52. The van der Waals surface area contributed by atoms with E-state index in [0.717, 1.165) is 44.1 Å². The van der Waals surface area contributed by atoms with Crippen LogP contribution in [0.1, 0.15) is 44.7 Å². The molecular formula is C21H33N5. The number of nitrogens with one attached hydrogen (secondary N) is 1. The summed E-state index contributed by atoms with van der Waals surface area (Å²) in [5.41, 5.74) is 15.5. The highest BCUT2D eigenvalue weighted by molar-refractivity contribution is 6.15. The summed E-state index contributed by atoms with van der Waals surface area (Å²) in [5.74, 6) is 2.15. The summed E-state index contributed by atoms with van der Waals surface area (Å²) >= 11 is 0. The monoisotopic (exact) mass is 355 g/mol. The van der Waals surface area contributed by atoms with Gasteiger partial charge in [0.25, 0.3) is 0 Å². The number of nitrogen functional groups attached to an aromatic ring is 1. The molecule has 0 aliphatic carbocycles. The molecular weight excluding hydrogens is 322 g/mol. The van der Waals surface area contributed by atoms with Crippen LogP contribution in [-0.4, -0.2) is 36.6 Å². The molecule has 1 aromatic rings. The largest absolute Gasteiger partial charge is 0.398 e. The summed E-state index contributed by atoms with van der Waals surface area (Å²) in [7, 11) is 1.78. The number of benzene rings is 1. The smallest absolute Gasteiger partial charge is 0.125 e. The quantitative estimate of drug-likeness (QED) is 0.429. The third-order valence-corrected chi connectivity index (χ3v) is 4.94. The second kappa shape index (κ2) is 8.88. The van der Waals surface area contributed by atoms with Gasteiger partial charge in [-0.1, -0.05) is 26.8 Å². The lowest BCUT2D eigenvalue weighted by Gasteiger charge is -2.32. The minimum atomic E-state index is 0.264. The van der Waals surface area contributed by atoms with Crippen molar-refractivity contribution in [3.05, 3.63) is 41.1 Å². The highest BCUT2D eigenvalue weighted by atomic mass is 15.2. The number of anilines is 1. The third-order valence-electron chi connectivity index (χ3n) is 4.94. The molecule has 0 amide bonds. The lowest BCUT2D eigenvalue weighted by molar-refractivity contribution is 0.281. The van der Waals surface area contributed by atoms with Crippen LogP contribution in [0, 0.1) is 17.2 Å². The molecule has 1 fully saturated rings. The fourth-order valence-electron chi connectivity index (χ4n) is 3.32. The molecule has 0 aromatic heterocycles. The lowest BCUT2D eigenvalue weighted by Crippen LogP contribution is -2.37. The molecule has 0 unspecified atom stereocenters. The molecule has 1 saturated heterocycles. The molecule has 1 aliphatic heterocycles.